The fourth-order valence-corrected chi connectivity index (χ4v) is 2.31. The van der Waals surface area contributed by atoms with E-state index in [-0.39, 0.29) is 5.92 Å². The highest BCUT2D eigenvalue weighted by Crippen LogP contribution is 2.34. The van der Waals surface area contributed by atoms with Gasteiger partial charge in [0.1, 0.15) is 6.61 Å². The first kappa shape index (κ1) is 10.5. The average molecular weight is 234 g/mol. The van der Waals surface area contributed by atoms with Crippen LogP contribution in [-0.2, 0) is 17.8 Å². The molecule has 0 amide bonds. The van der Waals surface area contributed by atoms with Crippen LogP contribution >= 0.6 is 0 Å². The van der Waals surface area contributed by atoms with Gasteiger partial charge in [0.25, 0.3) is 0 Å². The summed E-state index contributed by atoms with van der Waals surface area (Å²) in [7, 11) is 1.62. The maximum atomic E-state index is 5.30. The molecule has 2 aromatic heterocycles. The first-order valence-electron chi connectivity index (χ1n) is 5.72. The molecular weight excluding hydrogens is 220 g/mol. The number of aromatic amines is 1. The summed E-state index contributed by atoms with van der Waals surface area (Å²) in [5.41, 5.74) is 2.37. The lowest BCUT2D eigenvalue weighted by Crippen LogP contribution is -2.10. The zero-order valence-corrected chi connectivity index (χ0v) is 9.64. The van der Waals surface area contributed by atoms with Crippen LogP contribution in [0.4, 0.5) is 0 Å². The summed E-state index contributed by atoms with van der Waals surface area (Å²) in [5, 5.41) is 11.0. The number of H-pyrrole nitrogens is 1. The second-order valence-corrected chi connectivity index (χ2v) is 4.23. The van der Waals surface area contributed by atoms with Crippen molar-refractivity contribution in [2.24, 2.45) is 0 Å². The van der Waals surface area contributed by atoms with E-state index in [1.165, 1.54) is 11.3 Å². The number of methoxy groups -OCH3 is 1. The van der Waals surface area contributed by atoms with Gasteiger partial charge in [0, 0.05) is 18.4 Å². The van der Waals surface area contributed by atoms with Gasteiger partial charge in [0.2, 0.25) is 5.89 Å². The summed E-state index contributed by atoms with van der Waals surface area (Å²) >= 11 is 0. The van der Waals surface area contributed by atoms with Crippen LogP contribution in [0.25, 0.3) is 0 Å². The molecule has 2 aromatic rings. The first-order valence-corrected chi connectivity index (χ1v) is 5.72. The molecule has 2 heterocycles. The van der Waals surface area contributed by atoms with Gasteiger partial charge in [-0.2, -0.15) is 10.1 Å². The molecule has 0 aliphatic heterocycles. The van der Waals surface area contributed by atoms with E-state index in [9.17, 15) is 0 Å². The Labute approximate surface area is 98.4 Å². The highest BCUT2D eigenvalue weighted by atomic mass is 16.5. The Bertz CT molecular complexity index is 505. The second kappa shape index (κ2) is 4.29. The minimum absolute atomic E-state index is 0.176. The van der Waals surface area contributed by atoms with Crippen LogP contribution in [0.15, 0.2) is 10.7 Å². The molecule has 0 radical (unpaired) electrons. The summed E-state index contributed by atoms with van der Waals surface area (Å²) in [6.45, 7) is 0.383. The van der Waals surface area contributed by atoms with Gasteiger partial charge in [-0.1, -0.05) is 5.16 Å². The fourth-order valence-electron chi connectivity index (χ4n) is 2.31. The number of hydrogen-bond donors (Lipinski definition) is 1. The van der Waals surface area contributed by atoms with Crippen molar-refractivity contribution in [1.82, 2.24) is 20.3 Å². The van der Waals surface area contributed by atoms with Gasteiger partial charge in [0.15, 0.2) is 5.82 Å². The van der Waals surface area contributed by atoms with Gasteiger partial charge in [0.05, 0.1) is 12.1 Å². The molecule has 3 rings (SSSR count). The van der Waals surface area contributed by atoms with Gasteiger partial charge in [-0.05, 0) is 19.3 Å². The predicted octanol–water partition coefficient (Wildman–Crippen LogP) is 1.41. The van der Waals surface area contributed by atoms with E-state index in [1.54, 1.807) is 7.11 Å². The van der Waals surface area contributed by atoms with Crippen LogP contribution < -0.4 is 0 Å². The highest BCUT2D eigenvalue weighted by Gasteiger charge is 2.27. The third-order valence-electron chi connectivity index (χ3n) is 3.10. The van der Waals surface area contributed by atoms with Gasteiger partial charge in [-0.25, -0.2) is 0 Å². The van der Waals surface area contributed by atoms with Gasteiger partial charge in [-0.3, -0.25) is 5.10 Å². The highest BCUT2D eigenvalue weighted by molar-refractivity contribution is 5.28. The summed E-state index contributed by atoms with van der Waals surface area (Å²) in [4.78, 5) is 4.36. The second-order valence-electron chi connectivity index (χ2n) is 4.23. The van der Waals surface area contributed by atoms with E-state index in [0.29, 0.717) is 18.3 Å². The minimum Gasteiger partial charge on any atom is -0.377 e. The largest absolute Gasteiger partial charge is 0.377 e. The van der Waals surface area contributed by atoms with Gasteiger partial charge in [-0.15, -0.1) is 0 Å². The molecule has 1 aliphatic carbocycles. The van der Waals surface area contributed by atoms with Crippen LogP contribution in [0.5, 0.6) is 0 Å². The Balaban J connectivity index is 1.90. The van der Waals surface area contributed by atoms with Crippen molar-refractivity contribution in [2.75, 3.05) is 7.11 Å². The maximum Gasteiger partial charge on any atom is 0.234 e. The number of hydrogen-bond acceptors (Lipinski definition) is 5. The third-order valence-corrected chi connectivity index (χ3v) is 3.10. The Hall–Kier alpha value is -1.69. The number of nitrogens with zero attached hydrogens (tertiary/aromatic N) is 3. The molecule has 6 nitrogen and oxygen atoms in total. The molecule has 0 fully saturated rings. The number of aryl methyl sites for hydroxylation is 1. The molecule has 1 unspecified atom stereocenters. The molecular formula is C11H14N4O2. The molecule has 1 N–H and O–H groups in total. The van der Waals surface area contributed by atoms with Crippen molar-refractivity contribution in [3.05, 3.63) is 29.2 Å². The van der Waals surface area contributed by atoms with Crippen LogP contribution in [0.1, 0.15) is 41.7 Å². The van der Waals surface area contributed by atoms with Crippen molar-refractivity contribution < 1.29 is 9.26 Å². The Kier molecular flexibility index (Phi) is 2.64. The molecule has 0 bridgehead atoms. The van der Waals surface area contributed by atoms with E-state index in [2.05, 4.69) is 20.3 Å². The molecule has 1 aliphatic rings. The van der Waals surface area contributed by atoms with Crippen molar-refractivity contribution >= 4 is 0 Å². The third kappa shape index (κ3) is 1.84. The lowest BCUT2D eigenvalue weighted by Gasteiger charge is -2.17. The number of ether oxygens (including phenoxy) is 1. The molecule has 0 spiro atoms. The molecule has 6 heteroatoms. The molecule has 0 aromatic carbocycles. The molecule has 0 saturated heterocycles. The van der Waals surface area contributed by atoms with E-state index in [1.807, 2.05) is 6.20 Å². The Morgan fingerprint density at radius 3 is 3.41 bits per heavy atom. The summed E-state index contributed by atoms with van der Waals surface area (Å²) in [5.74, 6) is 1.44. The summed E-state index contributed by atoms with van der Waals surface area (Å²) in [6.07, 6.45) is 5.05. The Morgan fingerprint density at radius 1 is 1.59 bits per heavy atom. The SMILES string of the molecule is COCc1noc(C2CCCc3[nH]ncc32)n1. The number of aromatic nitrogens is 4. The van der Waals surface area contributed by atoms with Crippen molar-refractivity contribution in [1.29, 1.82) is 0 Å². The van der Waals surface area contributed by atoms with E-state index in [0.717, 1.165) is 19.3 Å². The first-order chi connectivity index (χ1) is 8.38. The van der Waals surface area contributed by atoms with Crippen LogP contribution in [0.2, 0.25) is 0 Å². The maximum absolute atomic E-state index is 5.30. The summed E-state index contributed by atoms with van der Waals surface area (Å²) in [6, 6.07) is 0. The smallest absolute Gasteiger partial charge is 0.234 e. The van der Waals surface area contributed by atoms with Gasteiger partial charge >= 0.3 is 0 Å². The standard InChI is InChI=1S/C11H14N4O2/c1-16-6-10-13-11(17-15-10)7-3-2-4-9-8(7)5-12-14-9/h5,7H,2-4,6H2,1H3,(H,12,14). The average Bonchev–Trinajstić information content (AvgIpc) is 2.96. The molecule has 1 atom stereocenters. The van der Waals surface area contributed by atoms with Crippen LogP contribution in [0.3, 0.4) is 0 Å². The zero-order chi connectivity index (χ0) is 11.7. The molecule has 90 valence electrons. The number of nitrogens with one attached hydrogen (secondary N) is 1. The number of fused-ring (bicyclic) bond motifs is 1. The summed E-state index contributed by atoms with van der Waals surface area (Å²) < 4.78 is 10.3. The number of rotatable bonds is 3. The monoisotopic (exact) mass is 234 g/mol. The predicted molar refractivity (Wildman–Crippen MR) is 58.4 cm³/mol. The van der Waals surface area contributed by atoms with Crippen LogP contribution in [0, 0.1) is 0 Å². The van der Waals surface area contributed by atoms with Gasteiger partial charge < -0.3 is 9.26 Å². The quantitative estimate of drug-likeness (QED) is 0.868. The van der Waals surface area contributed by atoms with Crippen molar-refractivity contribution in [3.8, 4) is 0 Å². The van der Waals surface area contributed by atoms with Crippen LogP contribution in [-0.4, -0.2) is 27.4 Å². The topological polar surface area (TPSA) is 76.8 Å². The Morgan fingerprint density at radius 2 is 2.53 bits per heavy atom. The van der Waals surface area contributed by atoms with Crippen molar-refractivity contribution in [3.63, 3.8) is 0 Å². The van der Waals surface area contributed by atoms with E-state index >= 15 is 0 Å². The normalized spacial score (nSPS) is 19.2. The lowest BCUT2D eigenvalue weighted by atomic mass is 9.87. The molecule has 0 saturated carbocycles. The van der Waals surface area contributed by atoms with Crippen molar-refractivity contribution in [2.45, 2.75) is 31.8 Å². The minimum atomic E-state index is 0.176. The zero-order valence-electron chi connectivity index (χ0n) is 9.64. The lowest BCUT2D eigenvalue weighted by molar-refractivity contribution is 0.174. The molecule has 17 heavy (non-hydrogen) atoms. The fraction of sp³-hybridized carbons (Fsp3) is 0.545. The van der Waals surface area contributed by atoms with E-state index < -0.39 is 0 Å². The van der Waals surface area contributed by atoms with E-state index in [4.69, 9.17) is 9.26 Å².